The van der Waals surface area contributed by atoms with Gasteiger partial charge in [-0.2, -0.15) is 5.10 Å². The van der Waals surface area contributed by atoms with Gasteiger partial charge < -0.3 is 0 Å². The lowest BCUT2D eigenvalue weighted by Gasteiger charge is -2.04. The highest BCUT2D eigenvalue weighted by atomic mass is 15.3. The maximum atomic E-state index is 4.47. The molecule has 1 heterocycles. The summed E-state index contributed by atoms with van der Waals surface area (Å²) in [6, 6.07) is 6.41. The first-order chi connectivity index (χ1) is 7.08. The van der Waals surface area contributed by atoms with E-state index in [1.165, 1.54) is 16.7 Å². The fourth-order valence-electron chi connectivity index (χ4n) is 1.55. The van der Waals surface area contributed by atoms with Crippen LogP contribution in [0.4, 0.5) is 0 Å². The minimum Gasteiger partial charge on any atom is -0.240 e. The van der Waals surface area contributed by atoms with Gasteiger partial charge in [-0.05, 0) is 56.5 Å². The minimum absolute atomic E-state index is 1.09. The summed E-state index contributed by atoms with van der Waals surface area (Å²) in [5.41, 5.74) is 6.08. The fourth-order valence-corrected chi connectivity index (χ4v) is 1.55. The Morgan fingerprint density at radius 2 is 1.67 bits per heavy atom. The second kappa shape index (κ2) is 3.54. The van der Waals surface area contributed by atoms with E-state index in [1.807, 2.05) is 11.6 Å². The molecule has 0 unspecified atom stereocenters. The van der Waals surface area contributed by atoms with Crippen molar-refractivity contribution in [1.29, 1.82) is 0 Å². The number of hydrogen-bond acceptors (Lipinski definition) is 1. The number of nitrogens with zero attached hydrogens (tertiary/aromatic N) is 2. The zero-order valence-corrected chi connectivity index (χ0v) is 9.70. The van der Waals surface area contributed by atoms with Crippen molar-refractivity contribution in [3.05, 3.63) is 46.8 Å². The lowest BCUT2D eigenvalue weighted by Crippen LogP contribution is -1.96. The first-order valence-electron chi connectivity index (χ1n) is 5.18. The molecule has 0 aliphatic rings. The second-order valence-electron chi connectivity index (χ2n) is 4.11. The Balaban J connectivity index is 2.49. The third-order valence-electron chi connectivity index (χ3n) is 2.90. The van der Waals surface area contributed by atoms with Crippen molar-refractivity contribution in [2.75, 3.05) is 0 Å². The molecule has 0 saturated heterocycles. The van der Waals surface area contributed by atoms with Crippen LogP contribution < -0.4 is 0 Å². The Labute approximate surface area is 90.6 Å². The van der Waals surface area contributed by atoms with E-state index in [-0.39, 0.29) is 0 Å². The van der Waals surface area contributed by atoms with Gasteiger partial charge in [0.1, 0.15) is 0 Å². The van der Waals surface area contributed by atoms with Gasteiger partial charge >= 0.3 is 0 Å². The predicted octanol–water partition coefficient (Wildman–Crippen LogP) is 3.11. The van der Waals surface area contributed by atoms with Crippen molar-refractivity contribution in [2.45, 2.75) is 27.7 Å². The van der Waals surface area contributed by atoms with Crippen LogP contribution in [0.15, 0.2) is 24.4 Å². The average Bonchev–Trinajstić information content (AvgIpc) is 2.52. The molecule has 0 atom stereocenters. The fraction of sp³-hybridized carbons (Fsp3) is 0.308. The molecule has 2 heteroatoms. The summed E-state index contributed by atoms with van der Waals surface area (Å²) in [4.78, 5) is 0. The Hall–Kier alpha value is -1.57. The van der Waals surface area contributed by atoms with Crippen LogP contribution in [0.2, 0.25) is 0 Å². The third-order valence-corrected chi connectivity index (χ3v) is 2.90. The zero-order chi connectivity index (χ0) is 11.0. The van der Waals surface area contributed by atoms with Crippen LogP contribution in [0, 0.1) is 27.7 Å². The van der Waals surface area contributed by atoms with Gasteiger partial charge in [0.25, 0.3) is 0 Å². The van der Waals surface area contributed by atoms with Crippen molar-refractivity contribution in [3.8, 4) is 5.69 Å². The molecule has 0 aliphatic carbocycles. The molecule has 0 N–H and O–H groups in total. The molecule has 1 aromatic heterocycles. The van der Waals surface area contributed by atoms with Crippen LogP contribution in [0.3, 0.4) is 0 Å². The van der Waals surface area contributed by atoms with Crippen LogP contribution in [0.5, 0.6) is 0 Å². The van der Waals surface area contributed by atoms with Crippen LogP contribution in [0.25, 0.3) is 5.69 Å². The van der Waals surface area contributed by atoms with Crippen LogP contribution in [0.1, 0.15) is 22.4 Å². The molecule has 2 nitrogen and oxygen atoms in total. The summed E-state index contributed by atoms with van der Waals surface area (Å²) in [6.45, 7) is 8.37. The summed E-state index contributed by atoms with van der Waals surface area (Å²) in [6.07, 6.45) is 2.07. The molecule has 15 heavy (non-hydrogen) atoms. The average molecular weight is 200 g/mol. The predicted molar refractivity (Wildman–Crippen MR) is 62.5 cm³/mol. The highest BCUT2D eigenvalue weighted by Gasteiger charge is 2.03. The second-order valence-corrected chi connectivity index (χ2v) is 4.11. The summed E-state index contributed by atoms with van der Waals surface area (Å²) >= 11 is 0. The van der Waals surface area contributed by atoms with Crippen molar-refractivity contribution in [1.82, 2.24) is 9.78 Å². The molecule has 0 saturated carbocycles. The van der Waals surface area contributed by atoms with E-state index >= 15 is 0 Å². The normalized spacial score (nSPS) is 10.7. The quantitative estimate of drug-likeness (QED) is 0.691. The maximum Gasteiger partial charge on any atom is 0.0648 e. The van der Waals surface area contributed by atoms with E-state index in [9.17, 15) is 0 Å². The third kappa shape index (κ3) is 1.80. The van der Waals surface area contributed by atoms with E-state index in [0.717, 1.165) is 11.4 Å². The van der Waals surface area contributed by atoms with Crippen LogP contribution in [-0.2, 0) is 0 Å². The topological polar surface area (TPSA) is 17.8 Å². The largest absolute Gasteiger partial charge is 0.240 e. The van der Waals surface area contributed by atoms with Crippen LogP contribution in [-0.4, -0.2) is 9.78 Å². The maximum absolute atomic E-state index is 4.47. The molecule has 78 valence electrons. The minimum atomic E-state index is 1.09. The molecule has 0 fully saturated rings. The Morgan fingerprint density at radius 1 is 0.933 bits per heavy atom. The van der Waals surface area contributed by atoms with Gasteiger partial charge in [-0.25, -0.2) is 4.68 Å². The molecular weight excluding hydrogens is 184 g/mol. The van der Waals surface area contributed by atoms with Gasteiger partial charge in [0, 0.05) is 6.20 Å². The standard InChI is InChI=1S/C13H16N2/c1-9-5-6-13(7-10(9)2)15-8-11(3)12(4)14-15/h5-8H,1-4H3. The molecule has 0 spiro atoms. The van der Waals surface area contributed by atoms with Crippen molar-refractivity contribution in [3.63, 3.8) is 0 Å². The molecule has 0 amide bonds. The molecule has 1 aromatic carbocycles. The Bertz CT molecular complexity index is 476. The van der Waals surface area contributed by atoms with Crippen molar-refractivity contribution in [2.24, 2.45) is 0 Å². The lowest BCUT2D eigenvalue weighted by molar-refractivity contribution is 0.861. The highest BCUT2D eigenvalue weighted by molar-refractivity contribution is 5.39. The summed E-state index contributed by atoms with van der Waals surface area (Å²) in [5.74, 6) is 0. The Kier molecular flexibility index (Phi) is 2.35. The number of aromatic nitrogens is 2. The molecule has 2 aromatic rings. The summed E-state index contributed by atoms with van der Waals surface area (Å²) in [5, 5.41) is 4.47. The Morgan fingerprint density at radius 3 is 2.20 bits per heavy atom. The first-order valence-corrected chi connectivity index (χ1v) is 5.18. The number of aryl methyl sites for hydroxylation is 4. The SMILES string of the molecule is Cc1ccc(-n2cc(C)c(C)n2)cc1C. The molecule has 0 bridgehead atoms. The number of benzene rings is 1. The molecule has 0 aliphatic heterocycles. The smallest absolute Gasteiger partial charge is 0.0648 e. The van der Waals surface area contributed by atoms with E-state index in [2.05, 4.69) is 50.3 Å². The number of rotatable bonds is 1. The van der Waals surface area contributed by atoms with Gasteiger partial charge in [0.15, 0.2) is 0 Å². The molecule has 0 radical (unpaired) electrons. The van der Waals surface area contributed by atoms with Gasteiger partial charge in [-0.1, -0.05) is 6.07 Å². The monoisotopic (exact) mass is 200 g/mol. The van der Waals surface area contributed by atoms with Gasteiger partial charge in [0.05, 0.1) is 11.4 Å². The van der Waals surface area contributed by atoms with Crippen molar-refractivity contribution < 1.29 is 0 Å². The molecular formula is C13H16N2. The molecule has 2 rings (SSSR count). The van der Waals surface area contributed by atoms with E-state index in [4.69, 9.17) is 0 Å². The zero-order valence-electron chi connectivity index (χ0n) is 9.70. The summed E-state index contributed by atoms with van der Waals surface area (Å²) in [7, 11) is 0. The van der Waals surface area contributed by atoms with E-state index < -0.39 is 0 Å². The van der Waals surface area contributed by atoms with E-state index in [0.29, 0.717) is 0 Å². The van der Waals surface area contributed by atoms with Crippen LogP contribution >= 0.6 is 0 Å². The highest BCUT2D eigenvalue weighted by Crippen LogP contribution is 2.15. The van der Waals surface area contributed by atoms with Gasteiger partial charge in [-0.3, -0.25) is 0 Å². The van der Waals surface area contributed by atoms with Gasteiger partial charge in [-0.15, -0.1) is 0 Å². The van der Waals surface area contributed by atoms with Gasteiger partial charge in [0.2, 0.25) is 0 Å². The lowest BCUT2D eigenvalue weighted by atomic mass is 10.1. The summed E-state index contributed by atoms with van der Waals surface area (Å²) < 4.78 is 1.94. The van der Waals surface area contributed by atoms with E-state index in [1.54, 1.807) is 0 Å². The number of hydrogen-bond donors (Lipinski definition) is 0. The first kappa shape index (κ1) is 9.97. The van der Waals surface area contributed by atoms with Crippen molar-refractivity contribution >= 4 is 0 Å².